The topological polar surface area (TPSA) is 60.7 Å². The van der Waals surface area contributed by atoms with Crippen LogP contribution < -0.4 is 10.4 Å². The average molecular weight is 318 g/mol. The van der Waals surface area contributed by atoms with E-state index in [1.54, 1.807) is 0 Å². The summed E-state index contributed by atoms with van der Waals surface area (Å²) in [6, 6.07) is 19.9. The second kappa shape index (κ2) is 5.99. The molecule has 0 unspecified atom stereocenters. The van der Waals surface area contributed by atoms with E-state index in [2.05, 4.69) is 16.4 Å². The van der Waals surface area contributed by atoms with Crippen LogP contribution in [0.15, 0.2) is 59.6 Å². The number of hydroxylamine groups is 1. The summed E-state index contributed by atoms with van der Waals surface area (Å²) >= 11 is 0. The summed E-state index contributed by atoms with van der Waals surface area (Å²) in [6.45, 7) is 1.75. The molecule has 4 rings (SSSR count). The number of nitrogens with one attached hydrogen (secondary N) is 1. The monoisotopic (exact) mass is 318 g/mol. The smallest absolute Gasteiger partial charge is 0.190 e. The summed E-state index contributed by atoms with van der Waals surface area (Å²) in [4.78, 5) is 13.0. The number of hydrogen-bond acceptors (Lipinski definition) is 5. The Labute approximate surface area is 141 Å². The molecule has 0 radical (unpaired) electrons. The van der Waals surface area contributed by atoms with Gasteiger partial charge in [-0.3, -0.25) is 0 Å². The molecule has 1 fully saturated rings. The molecule has 1 spiro atoms. The molecule has 2 aromatic carbocycles. The third-order valence-electron chi connectivity index (χ3n) is 4.61. The number of aliphatic imine (C=N–C) groups is 1. The lowest BCUT2D eigenvalue weighted by Gasteiger charge is -2.36. The fraction of sp³-hybridized carbons (Fsp3) is 0.263. The minimum absolute atomic E-state index is 0.464. The summed E-state index contributed by atoms with van der Waals surface area (Å²) in [5.41, 5.74) is 5.41. The number of piperidine rings is 1. The number of benzene rings is 2. The van der Waals surface area contributed by atoms with Crippen LogP contribution in [-0.2, 0) is 4.84 Å². The molecule has 1 N–H and O–H groups in total. The van der Waals surface area contributed by atoms with Crippen molar-refractivity contribution < 1.29 is 4.84 Å². The van der Waals surface area contributed by atoms with E-state index < -0.39 is 5.72 Å². The highest BCUT2D eigenvalue weighted by molar-refractivity contribution is 5.99. The van der Waals surface area contributed by atoms with Crippen molar-refractivity contribution in [2.75, 3.05) is 18.0 Å². The fourth-order valence-electron chi connectivity index (χ4n) is 3.19. The zero-order chi connectivity index (χ0) is 16.4. The van der Waals surface area contributed by atoms with Gasteiger partial charge in [-0.2, -0.15) is 5.26 Å². The van der Waals surface area contributed by atoms with Crippen molar-refractivity contribution in [3.05, 3.63) is 65.7 Å². The highest BCUT2D eigenvalue weighted by atomic mass is 16.7. The standard InChI is InChI=1S/C19H18N4O/c20-14-15-6-8-17(9-7-15)23-12-10-19(11-13-23)21-18(22-24-19)16-4-2-1-3-5-16/h1-9H,10-13H2,(H,21,22). The van der Waals surface area contributed by atoms with E-state index in [4.69, 9.17) is 15.1 Å². The van der Waals surface area contributed by atoms with Gasteiger partial charge < -0.3 is 4.90 Å². The molecule has 120 valence electrons. The molecule has 1 saturated heterocycles. The van der Waals surface area contributed by atoms with E-state index in [1.807, 2.05) is 54.6 Å². The maximum absolute atomic E-state index is 8.90. The van der Waals surface area contributed by atoms with E-state index in [9.17, 15) is 0 Å². The third kappa shape index (κ3) is 2.72. The van der Waals surface area contributed by atoms with Crippen molar-refractivity contribution in [1.29, 1.82) is 5.26 Å². The minimum atomic E-state index is -0.464. The Morgan fingerprint density at radius 2 is 1.75 bits per heavy atom. The molecule has 2 aromatic rings. The average Bonchev–Trinajstić information content (AvgIpc) is 3.07. The van der Waals surface area contributed by atoms with E-state index in [1.165, 1.54) is 0 Å². The maximum Gasteiger partial charge on any atom is 0.190 e. The number of hydrogen-bond donors (Lipinski definition) is 1. The molecular formula is C19H18N4O. The first-order valence-corrected chi connectivity index (χ1v) is 8.12. The zero-order valence-corrected chi connectivity index (χ0v) is 13.3. The molecule has 0 aromatic heterocycles. The van der Waals surface area contributed by atoms with Gasteiger partial charge in [0.1, 0.15) is 0 Å². The zero-order valence-electron chi connectivity index (χ0n) is 13.3. The second-order valence-electron chi connectivity index (χ2n) is 6.12. The third-order valence-corrected chi connectivity index (χ3v) is 4.61. The van der Waals surface area contributed by atoms with Crippen molar-refractivity contribution in [2.24, 2.45) is 4.99 Å². The molecule has 5 heteroatoms. The molecule has 24 heavy (non-hydrogen) atoms. The molecule has 2 aliphatic heterocycles. The number of rotatable bonds is 2. The Morgan fingerprint density at radius 1 is 1.04 bits per heavy atom. The van der Waals surface area contributed by atoms with Crippen LogP contribution in [0.2, 0.25) is 0 Å². The van der Waals surface area contributed by atoms with Crippen molar-refractivity contribution in [3.63, 3.8) is 0 Å². The van der Waals surface area contributed by atoms with Crippen molar-refractivity contribution in [3.8, 4) is 6.07 Å². The molecule has 5 nitrogen and oxygen atoms in total. The van der Waals surface area contributed by atoms with Gasteiger partial charge in [-0.05, 0) is 24.3 Å². The Kier molecular flexibility index (Phi) is 3.68. The molecule has 0 aliphatic carbocycles. The molecule has 2 aliphatic rings. The van der Waals surface area contributed by atoms with Crippen LogP contribution in [0.5, 0.6) is 0 Å². The first-order valence-electron chi connectivity index (χ1n) is 8.12. The van der Waals surface area contributed by atoms with Crippen molar-refractivity contribution in [2.45, 2.75) is 18.6 Å². The Morgan fingerprint density at radius 3 is 2.42 bits per heavy atom. The van der Waals surface area contributed by atoms with Crippen LogP contribution in [0, 0.1) is 11.3 Å². The van der Waals surface area contributed by atoms with Crippen LogP contribution in [0.25, 0.3) is 0 Å². The number of nitriles is 1. The van der Waals surface area contributed by atoms with E-state index >= 15 is 0 Å². The predicted octanol–water partition coefficient (Wildman–Crippen LogP) is 2.84. The van der Waals surface area contributed by atoms with Crippen LogP contribution in [-0.4, -0.2) is 24.7 Å². The summed E-state index contributed by atoms with van der Waals surface area (Å²) < 4.78 is 0. The van der Waals surface area contributed by atoms with Gasteiger partial charge in [0.05, 0.1) is 11.6 Å². The summed E-state index contributed by atoms with van der Waals surface area (Å²) in [6.07, 6.45) is 1.66. The Hall–Kier alpha value is -2.84. The van der Waals surface area contributed by atoms with E-state index in [0.29, 0.717) is 5.56 Å². The Bertz CT molecular complexity index is 784. The van der Waals surface area contributed by atoms with Gasteiger partial charge >= 0.3 is 0 Å². The van der Waals surface area contributed by atoms with Gasteiger partial charge in [0.15, 0.2) is 11.6 Å². The molecule has 2 heterocycles. The van der Waals surface area contributed by atoms with Crippen LogP contribution in [0.3, 0.4) is 0 Å². The molecular weight excluding hydrogens is 300 g/mol. The lowest BCUT2D eigenvalue weighted by atomic mass is 10.00. The number of nitrogens with zero attached hydrogens (tertiary/aromatic N) is 3. The first-order chi connectivity index (χ1) is 11.8. The SMILES string of the molecule is N#Cc1ccc(N2CCC3(CC2)N=C(c2ccccc2)NO3)cc1. The van der Waals surface area contributed by atoms with Gasteiger partial charge in [-0.15, -0.1) is 0 Å². The molecule has 0 amide bonds. The quantitative estimate of drug-likeness (QED) is 0.925. The predicted molar refractivity (Wildman–Crippen MR) is 92.5 cm³/mol. The Balaban J connectivity index is 1.46. The highest BCUT2D eigenvalue weighted by Crippen LogP contribution is 2.33. The first kappa shape index (κ1) is 14.7. The van der Waals surface area contributed by atoms with Gasteiger partial charge in [-0.1, -0.05) is 30.3 Å². The van der Waals surface area contributed by atoms with Gasteiger partial charge in [0, 0.05) is 37.2 Å². The fourth-order valence-corrected chi connectivity index (χ4v) is 3.19. The normalized spacial score (nSPS) is 18.8. The lowest BCUT2D eigenvalue weighted by molar-refractivity contribution is -0.0686. The molecule has 0 atom stereocenters. The summed E-state index contributed by atoms with van der Waals surface area (Å²) in [5, 5.41) is 8.90. The largest absolute Gasteiger partial charge is 0.371 e. The van der Waals surface area contributed by atoms with Gasteiger partial charge in [-0.25, -0.2) is 15.3 Å². The van der Waals surface area contributed by atoms with Gasteiger partial charge in [0.2, 0.25) is 0 Å². The van der Waals surface area contributed by atoms with Crippen molar-refractivity contribution in [1.82, 2.24) is 5.48 Å². The lowest BCUT2D eigenvalue weighted by Crippen LogP contribution is -2.44. The number of anilines is 1. The highest BCUT2D eigenvalue weighted by Gasteiger charge is 2.40. The second-order valence-corrected chi connectivity index (χ2v) is 6.12. The van der Waals surface area contributed by atoms with Crippen LogP contribution >= 0.6 is 0 Å². The van der Waals surface area contributed by atoms with Crippen LogP contribution in [0.1, 0.15) is 24.0 Å². The molecule has 0 bridgehead atoms. The maximum atomic E-state index is 8.90. The van der Waals surface area contributed by atoms with Crippen molar-refractivity contribution >= 4 is 11.5 Å². The summed E-state index contributed by atoms with van der Waals surface area (Å²) in [5.74, 6) is 0.808. The van der Waals surface area contributed by atoms with E-state index in [-0.39, 0.29) is 0 Å². The van der Waals surface area contributed by atoms with E-state index in [0.717, 1.165) is 43.0 Å². The van der Waals surface area contributed by atoms with Crippen LogP contribution in [0.4, 0.5) is 5.69 Å². The minimum Gasteiger partial charge on any atom is -0.371 e. The molecule has 0 saturated carbocycles. The van der Waals surface area contributed by atoms with Gasteiger partial charge in [0.25, 0.3) is 0 Å². The summed E-state index contributed by atoms with van der Waals surface area (Å²) in [7, 11) is 0. The number of amidine groups is 1.